The minimum absolute atomic E-state index is 0.0128. The van der Waals surface area contributed by atoms with E-state index in [4.69, 9.17) is 14.2 Å². The maximum absolute atomic E-state index is 13.6. The van der Waals surface area contributed by atoms with Crippen LogP contribution in [0, 0.1) is 0 Å². The second-order valence-electron chi connectivity index (χ2n) is 8.12. The molecule has 0 aliphatic rings. The quantitative estimate of drug-likeness (QED) is 0.397. The number of nitrogens with zero attached hydrogens (tertiary/aromatic N) is 1. The predicted molar refractivity (Wildman–Crippen MR) is 138 cm³/mol. The summed E-state index contributed by atoms with van der Waals surface area (Å²) in [6.07, 6.45) is 0.447. The Morgan fingerprint density at radius 2 is 1.50 bits per heavy atom. The van der Waals surface area contributed by atoms with Crippen molar-refractivity contribution in [1.29, 1.82) is 0 Å². The molecule has 0 saturated heterocycles. The Morgan fingerprint density at radius 1 is 0.861 bits per heavy atom. The summed E-state index contributed by atoms with van der Waals surface area (Å²) in [5.41, 5.74) is 1.76. The van der Waals surface area contributed by atoms with Crippen molar-refractivity contribution < 1.29 is 27.4 Å². The fraction of sp³-hybridized carbons (Fsp3) is 0.296. The van der Waals surface area contributed by atoms with Gasteiger partial charge in [-0.1, -0.05) is 48.5 Å². The van der Waals surface area contributed by atoms with Crippen molar-refractivity contribution >= 4 is 15.9 Å². The van der Waals surface area contributed by atoms with Crippen LogP contribution in [0.5, 0.6) is 17.2 Å². The molecule has 3 rings (SSSR count). The van der Waals surface area contributed by atoms with Crippen LogP contribution in [0.4, 0.5) is 0 Å². The highest BCUT2D eigenvalue weighted by Gasteiger charge is 2.28. The number of sulfonamides is 1. The third-order valence-electron chi connectivity index (χ3n) is 5.79. The van der Waals surface area contributed by atoms with Gasteiger partial charge in [-0.2, -0.15) is 4.31 Å². The summed E-state index contributed by atoms with van der Waals surface area (Å²) in [4.78, 5) is 13.1. The summed E-state index contributed by atoms with van der Waals surface area (Å²) >= 11 is 0. The largest absolute Gasteiger partial charge is 0.496 e. The van der Waals surface area contributed by atoms with Crippen molar-refractivity contribution in [3.8, 4) is 17.2 Å². The van der Waals surface area contributed by atoms with E-state index >= 15 is 0 Å². The molecule has 9 heteroatoms. The van der Waals surface area contributed by atoms with Gasteiger partial charge in [-0.15, -0.1) is 0 Å². The van der Waals surface area contributed by atoms with E-state index in [1.54, 1.807) is 7.11 Å². The standard InChI is InChI=1S/C27H32N2O6S/c1-20(23-12-8-9-13-24(23)33-2)28-27(30)19-29(17-16-21-10-6-5-7-11-21)36(31,32)22-14-15-25(34-3)26(18-22)35-4/h5-15,18,20H,16-17,19H2,1-4H3,(H,28,30)/t20-/m0/s1. The molecule has 0 spiro atoms. The smallest absolute Gasteiger partial charge is 0.243 e. The molecule has 36 heavy (non-hydrogen) atoms. The zero-order valence-corrected chi connectivity index (χ0v) is 21.7. The van der Waals surface area contributed by atoms with Gasteiger partial charge in [0, 0.05) is 18.2 Å². The molecular formula is C27H32N2O6S. The number of carbonyl (C=O) groups excluding carboxylic acids is 1. The van der Waals surface area contributed by atoms with E-state index in [9.17, 15) is 13.2 Å². The van der Waals surface area contributed by atoms with Crippen molar-refractivity contribution in [2.24, 2.45) is 0 Å². The van der Waals surface area contributed by atoms with Gasteiger partial charge >= 0.3 is 0 Å². The molecule has 0 bridgehead atoms. The van der Waals surface area contributed by atoms with Gasteiger partial charge in [0.1, 0.15) is 5.75 Å². The van der Waals surface area contributed by atoms with E-state index in [1.165, 1.54) is 36.7 Å². The maximum atomic E-state index is 13.6. The van der Waals surface area contributed by atoms with Gasteiger partial charge in [0.05, 0.1) is 38.8 Å². The number of benzene rings is 3. The molecule has 0 aliphatic heterocycles. The topological polar surface area (TPSA) is 94.2 Å². The van der Waals surface area contributed by atoms with Crippen molar-refractivity contribution in [3.05, 3.63) is 83.9 Å². The first kappa shape index (κ1) is 27.0. The molecule has 0 radical (unpaired) electrons. The molecule has 3 aromatic rings. The summed E-state index contributed by atoms with van der Waals surface area (Å²) in [7, 11) is 0.455. The molecule has 192 valence electrons. The third-order valence-corrected chi connectivity index (χ3v) is 7.63. The van der Waals surface area contributed by atoms with E-state index in [1.807, 2.05) is 61.5 Å². The Bertz CT molecular complexity index is 1260. The second kappa shape index (κ2) is 12.4. The number of para-hydroxylation sites is 1. The summed E-state index contributed by atoms with van der Waals surface area (Å²) in [6.45, 7) is 1.60. The highest BCUT2D eigenvalue weighted by atomic mass is 32.2. The monoisotopic (exact) mass is 512 g/mol. The number of nitrogens with one attached hydrogen (secondary N) is 1. The number of hydrogen-bond acceptors (Lipinski definition) is 6. The molecule has 8 nitrogen and oxygen atoms in total. The Balaban J connectivity index is 1.85. The highest BCUT2D eigenvalue weighted by molar-refractivity contribution is 7.89. The van der Waals surface area contributed by atoms with Crippen LogP contribution in [0.3, 0.4) is 0 Å². The summed E-state index contributed by atoms with van der Waals surface area (Å²) in [5, 5.41) is 2.89. The normalized spacial score (nSPS) is 12.1. The molecule has 0 fully saturated rings. The molecule has 1 N–H and O–H groups in total. The van der Waals surface area contributed by atoms with Crippen LogP contribution in [0.2, 0.25) is 0 Å². The average Bonchev–Trinajstić information content (AvgIpc) is 2.90. The first-order chi connectivity index (χ1) is 17.3. The SMILES string of the molecule is COc1ccc(S(=O)(=O)N(CCc2ccccc2)CC(=O)N[C@@H](C)c2ccccc2OC)cc1OC. The highest BCUT2D eigenvalue weighted by Crippen LogP contribution is 2.31. The minimum atomic E-state index is -4.02. The van der Waals surface area contributed by atoms with Crippen LogP contribution in [-0.2, 0) is 21.2 Å². The van der Waals surface area contributed by atoms with Crippen LogP contribution in [-0.4, -0.2) is 53.0 Å². The summed E-state index contributed by atoms with van der Waals surface area (Å²) in [6, 6.07) is 20.9. The zero-order chi connectivity index (χ0) is 26.1. The first-order valence-electron chi connectivity index (χ1n) is 11.5. The molecule has 0 aliphatic carbocycles. The van der Waals surface area contributed by atoms with Gasteiger partial charge in [-0.25, -0.2) is 8.42 Å². The minimum Gasteiger partial charge on any atom is -0.496 e. The van der Waals surface area contributed by atoms with E-state index in [0.717, 1.165) is 11.1 Å². The fourth-order valence-corrected chi connectivity index (χ4v) is 5.27. The van der Waals surface area contributed by atoms with Crippen molar-refractivity contribution in [2.45, 2.75) is 24.3 Å². The Morgan fingerprint density at radius 3 is 2.17 bits per heavy atom. The van der Waals surface area contributed by atoms with Crippen LogP contribution >= 0.6 is 0 Å². The van der Waals surface area contributed by atoms with E-state index < -0.39 is 15.9 Å². The van der Waals surface area contributed by atoms with Gasteiger partial charge < -0.3 is 19.5 Å². The summed E-state index contributed by atoms with van der Waals surface area (Å²) in [5.74, 6) is 0.918. The molecule has 0 unspecified atom stereocenters. The Labute approximate surface area is 212 Å². The van der Waals surface area contributed by atoms with Crippen molar-refractivity contribution in [2.75, 3.05) is 34.4 Å². The lowest BCUT2D eigenvalue weighted by atomic mass is 10.1. The van der Waals surface area contributed by atoms with E-state index in [0.29, 0.717) is 17.9 Å². The van der Waals surface area contributed by atoms with Crippen LogP contribution < -0.4 is 19.5 Å². The fourth-order valence-electron chi connectivity index (χ4n) is 3.86. The number of ether oxygens (including phenoxy) is 3. The second-order valence-corrected chi connectivity index (χ2v) is 10.1. The number of rotatable bonds is 12. The predicted octanol–water partition coefficient (Wildman–Crippen LogP) is 3.82. The number of amides is 1. The Kier molecular flexibility index (Phi) is 9.32. The number of methoxy groups -OCH3 is 3. The molecule has 3 aromatic carbocycles. The van der Waals surface area contributed by atoms with Gasteiger partial charge in [-0.3, -0.25) is 4.79 Å². The lowest BCUT2D eigenvalue weighted by Gasteiger charge is -2.24. The molecular weight excluding hydrogens is 480 g/mol. The van der Waals surface area contributed by atoms with E-state index in [2.05, 4.69) is 5.32 Å². The lowest BCUT2D eigenvalue weighted by Crippen LogP contribution is -2.42. The maximum Gasteiger partial charge on any atom is 0.243 e. The average molecular weight is 513 g/mol. The third kappa shape index (κ3) is 6.56. The van der Waals surface area contributed by atoms with Gasteiger partial charge in [0.25, 0.3) is 0 Å². The zero-order valence-electron chi connectivity index (χ0n) is 20.9. The van der Waals surface area contributed by atoms with Crippen molar-refractivity contribution in [3.63, 3.8) is 0 Å². The van der Waals surface area contributed by atoms with Gasteiger partial charge in [0.2, 0.25) is 15.9 Å². The van der Waals surface area contributed by atoms with Crippen LogP contribution in [0.15, 0.2) is 77.7 Å². The van der Waals surface area contributed by atoms with Crippen molar-refractivity contribution in [1.82, 2.24) is 9.62 Å². The number of carbonyl (C=O) groups is 1. The van der Waals surface area contributed by atoms with Gasteiger partial charge in [0.15, 0.2) is 11.5 Å². The molecule has 0 aromatic heterocycles. The van der Waals surface area contributed by atoms with Crippen LogP contribution in [0.1, 0.15) is 24.1 Å². The van der Waals surface area contributed by atoms with Gasteiger partial charge in [-0.05, 0) is 37.1 Å². The Hall–Kier alpha value is -3.56. The lowest BCUT2D eigenvalue weighted by molar-refractivity contribution is -0.121. The first-order valence-corrected chi connectivity index (χ1v) is 12.9. The molecule has 0 heterocycles. The summed E-state index contributed by atoms with van der Waals surface area (Å²) < 4.78 is 44.4. The number of hydrogen-bond donors (Lipinski definition) is 1. The van der Waals surface area contributed by atoms with Crippen LogP contribution in [0.25, 0.3) is 0 Å². The molecule has 1 atom stereocenters. The molecule has 1 amide bonds. The van der Waals surface area contributed by atoms with E-state index in [-0.39, 0.29) is 29.8 Å². The molecule has 0 saturated carbocycles.